The molecule has 0 fully saturated rings. The van der Waals surface area contributed by atoms with E-state index >= 15 is 0 Å². The fraction of sp³-hybridized carbons (Fsp3) is 0. The van der Waals surface area contributed by atoms with Gasteiger partial charge in [0, 0.05) is 22.0 Å². The van der Waals surface area contributed by atoms with Gasteiger partial charge in [-0.15, -0.1) is 0 Å². The van der Waals surface area contributed by atoms with E-state index in [2.05, 4.69) is 10.0 Å². The van der Waals surface area contributed by atoms with Gasteiger partial charge in [0.05, 0.1) is 9.92 Å². The van der Waals surface area contributed by atoms with Crippen molar-refractivity contribution in [3.63, 3.8) is 0 Å². The summed E-state index contributed by atoms with van der Waals surface area (Å²) < 4.78 is 50.5. The summed E-state index contributed by atoms with van der Waals surface area (Å²) in [7, 11) is -7.96. The van der Waals surface area contributed by atoms with Crippen LogP contribution in [0.2, 0.25) is 10.0 Å². The molecule has 3 rings (SSSR count). The Morgan fingerprint density at radius 2 is 1.39 bits per heavy atom. The molecule has 31 heavy (non-hydrogen) atoms. The maximum absolute atomic E-state index is 12.5. The molecular weight excluding hydrogens is 485 g/mol. The van der Waals surface area contributed by atoms with Gasteiger partial charge in [0.2, 0.25) is 10.0 Å². The summed E-state index contributed by atoms with van der Waals surface area (Å²) in [5.41, 5.74) is 0.646. The van der Waals surface area contributed by atoms with E-state index in [1.807, 2.05) is 0 Å². The second-order valence-corrected chi connectivity index (χ2v) is 10.3. The number of benzene rings is 3. The number of primary sulfonamides is 1. The van der Waals surface area contributed by atoms with E-state index in [4.69, 9.17) is 28.3 Å². The molecule has 0 saturated carbocycles. The molecule has 0 unspecified atom stereocenters. The van der Waals surface area contributed by atoms with Crippen LogP contribution in [0.5, 0.6) is 0 Å². The van der Waals surface area contributed by atoms with E-state index in [0.717, 1.165) is 6.07 Å². The van der Waals surface area contributed by atoms with Crippen molar-refractivity contribution in [2.24, 2.45) is 5.14 Å². The zero-order chi connectivity index (χ0) is 22.8. The Morgan fingerprint density at radius 3 is 1.97 bits per heavy atom. The minimum Gasteiger partial charge on any atom is -0.322 e. The number of nitrogens with one attached hydrogen (secondary N) is 2. The van der Waals surface area contributed by atoms with Crippen molar-refractivity contribution < 1.29 is 21.6 Å². The lowest BCUT2D eigenvalue weighted by molar-refractivity contribution is 0.102. The highest BCUT2D eigenvalue weighted by Crippen LogP contribution is 2.23. The third-order valence-corrected chi connectivity index (χ3v) is 7.06. The van der Waals surface area contributed by atoms with Crippen LogP contribution in [0.15, 0.2) is 76.5 Å². The summed E-state index contributed by atoms with van der Waals surface area (Å²) in [5, 5.41) is 7.99. The number of carbonyl (C=O) groups is 1. The van der Waals surface area contributed by atoms with E-state index in [0.29, 0.717) is 16.4 Å². The highest BCUT2D eigenvalue weighted by molar-refractivity contribution is 7.92. The number of anilines is 2. The molecule has 0 heterocycles. The SMILES string of the molecule is NS(=O)(=O)c1cc(C(=O)Nc2ccc(S(=O)(=O)Nc3ccc(Cl)cc3)cc2)ccc1Cl. The van der Waals surface area contributed by atoms with Crippen LogP contribution >= 0.6 is 23.2 Å². The molecule has 12 heteroatoms. The van der Waals surface area contributed by atoms with E-state index in [1.165, 1.54) is 48.5 Å². The average Bonchev–Trinajstić information content (AvgIpc) is 2.69. The first-order chi connectivity index (χ1) is 14.5. The first kappa shape index (κ1) is 23.0. The van der Waals surface area contributed by atoms with E-state index < -0.39 is 26.0 Å². The molecule has 4 N–H and O–H groups in total. The Morgan fingerprint density at radius 1 is 0.806 bits per heavy atom. The molecule has 0 aliphatic rings. The second-order valence-electron chi connectivity index (χ2n) is 6.28. The number of sulfonamides is 2. The lowest BCUT2D eigenvalue weighted by Gasteiger charge is -2.10. The van der Waals surface area contributed by atoms with Gasteiger partial charge >= 0.3 is 0 Å². The standard InChI is InChI=1S/C19H15Cl2N3O5S2/c20-13-2-4-15(5-3-13)24-31(28,29)16-8-6-14(7-9-16)23-19(25)12-1-10-17(21)18(11-12)30(22,26)27/h1-11,24H,(H,23,25)(H2,22,26,27). The molecular formula is C19H15Cl2N3O5S2. The summed E-state index contributed by atoms with van der Waals surface area (Å²) >= 11 is 11.6. The lowest BCUT2D eigenvalue weighted by atomic mass is 10.2. The number of carbonyl (C=O) groups excluding carboxylic acids is 1. The molecule has 3 aromatic rings. The minimum absolute atomic E-state index is 0.00882. The molecule has 0 aromatic heterocycles. The quantitative estimate of drug-likeness (QED) is 0.474. The maximum atomic E-state index is 12.5. The van der Waals surface area contributed by atoms with Gasteiger partial charge in [0.15, 0.2) is 0 Å². The summed E-state index contributed by atoms with van der Waals surface area (Å²) in [5.74, 6) is -0.628. The fourth-order valence-electron chi connectivity index (χ4n) is 2.52. The number of halogens is 2. The first-order valence-electron chi connectivity index (χ1n) is 8.48. The van der Waals surface area contributed by atoms with Gasteiger partial charge in [0.1, 0.15) is 4.90 Å². The molecule has 0 saturated heterocycles. The summed E-state index contributed by atoms with van der Waals surface area (Å²) in [6, 6.07) is 15.2. The summed E-state index contributed by atoms with van der Waals surface area (Å²) in [6.07, 6.45) is 0. The van der Waals surface area contributed by atoms with Crippen molar-refractivity contribution in [2.45, 2.75) is 9.79 Å². The largest absolute Gasteiger partial charge is 0.322 e. The van der Waals surface area contributed by atoms with Gasteiger partial charge in [-0.2, -0.15) is 0 Å². The van der Waals surface area contributed by atoms with E-state index in [1.54, 1.807) is 12.1 Å². The predicted octanol–water partition coefficient (Wildman–Crippen LogP) is 3.69. The van der Waals surface area contributed by atoms with Gasteiger partial charge in [-0.05, 0) is 66.7 Å². The Bertz CT molecular complexity index is 1340. The monoisotopic (exact) mass is 499 g/mol. The summed E-state index contributed by atoms with van der Waals surface area (Å²) in [4.78, 5) is 12.0. The van der Waals surface area contributed by atoms with E-state index in [-0.39, 0.29) is 20.4 Å². The van der Waals surface area contributed by atoms with Crippen molar-refractivity contribution in [1.29, 1.82) is 0 Å². The smallest absolute Gasteiger partial charge is 0.261 e. The van der Waals surface area contributed by atoms with Crippen LogP contribution in [-0.4, -0.2) is 22.7 Å². The molecule has 8 nitrogen and oxygen atoms in total. The molecule has 0 radical (unpaired) electrons. The molecule has 0 atom stereocenters. The van der Waals surface area contributed by atoms with Gasteiger partial charge in [0.25, 0.3) is 15.9 Å². The molecule has 1 amide bonds. The van der Waals surface area contributed by atoms with Crippen molar-refractivity contribution in [3.05, 3.63) is 82.3 Å². The molecule has 0 aliphatic carbocycles. The number of nitrogens with two attached hydrogens (primary N) is 1. The van der Waals surface area contributed by atoms with Crippen LogP contribution < -0.4 is 15.2 Å². The lowest BCUT2D eigenvalue weighted by Crippen LogP contribution is -2.16. The van der Waals surface area contributed by atoms with Crippen LogP contribution in [0.1, 0.15) is 10.4 Å². The Hall–Kier alpha value is -2.63. The summed E-state index contributed by atoms with van der Waals surface area (Å²) in [6.45, 7) is 0. The van der Waals surface area contributed by atoms with Gasteiger partial charge < -0.3 is 5.32 Å². The van der Waals surface area contributed by atoms with Crippen LogP contribution in [0, 0.1) is 0 Å². The zero-order valence-corrected chi connectivity index (χ0v) is 18.7. The molecule has 0 aliphatic heterocycles. The number of amides is 1. The first-order valence-corrected chi connectivity index (χ1v) is 12.3. The van der Waals surface area contributed by atoms with Crippen molar-refractivity contribution >= 4 is 60.5 Å². The third-order valence-electron chi connectivity index (χ3n) is 4.02. The van der Waals surface area contributed by atoms with Gasteiger partial charge in [-0.1, -0.05) is 23.2 Å². The maximum Gasteiger partial charge on any atom is 0.261 e. The number of rotatable bonds is 6. The topological polar surface area (TPSA) is 135 Å². The van der Waals surface area contributed by atoms with Crippen LogP contribution in [0.4, 0.5) is 11.4 Å². The van der Waals surface area contributed by atoms with E-state index in [9.17, 15) is 21.6 Å². The highest BCUT2D eigenvalue weighted by Gasteiger charge is 2.17. The highest BCUT2D eigenvalue weighted by atomic mass is 35.5. The zero-order valence-electron chi connectivity index (χ0n) is 15.5. The second kappa shape index (κ2) is 8.85. The van der Waals surface area contributed by atoms with Crippen molar-refractivity contribution in [1.82, 2.24) is 0 Å². The predicted molar refractivity (Wildman–Crippen MR) is 119 cm³/mol. The van der Waals surface area contributed by atoms with Crippen molar-refractivity contribution in [2.75, 3.05) is 10.0 Å². The Kier molecular flexibility index (Phi) is 6.58. The Balaban J connectivity index is 1.76. The molecule has 162 valence electrons. The molecule has 0 spiro atoms. The Labute approximate surface area is 189 Å². The molecule has 0 bridgehead atoms. The van der Waals surface area contributed by atoms with Gasteiger partial charge in [-0.3, -0.25) is 9.52 Å². The molecule has 3 aromatic carbocycles. The van der Waals surface area contributed by atoms with Crippen LogP contribution in [0.25, 0.3) is 0 Å². The van der Waals surface area contributed by atoms with Crippen LogP contribution in [0.3, 0.4) is 0 Å². The normalized spacial score (nSPS) is 11.7. The number of hydrogen-bond acceptors (Lipinski definition) is 5. The average molecular weight is 500 g/mol. The van der Waals surface area contributed by atoms with Crippen molar-refractivity contribution in [3.8, 4) is 0 Å². The minimum atomic E-state index is -4.11. The fourth-order valence-corrected chi connectivity index (χ4v) is 4.77. The third kappa shape index (κ3) is 5.75. The van der Waals surface area contributed by atoms with Crippen LogP contribution in [-0.2, 0) is 20.0 Å². The van der Waals surface area contributed by atoms with Gasteiger partial charge in [-0.25, -0.2) is 22.0 Å². The number of hydrogen-bond donors (Lipinski definition) is 3.